The molecule has 2 heteroatoms. The first kappa shape index (κ1) is 9.24. The highest BCUT2D eigenvalue weighted by Crippen LogP contribution is 2.23. The molecule has 0 aliphatic heterocycles. The van der Waals surface area contributed by atoms with E-state index in [0.29, 0.717) is 10.5 Å². The summed E-state index contributed by atoms with van der Waals surface area (Å²) in [6, 6.07) is 0. The molecule has 1 aliphatic carbocycles. The summed E-state index contributed by atoms with van der Waals surface area (Å²) in [7, 11) is -0.558. The quantitative estimate of drug-likeness (QED) is 0.628. The molecule has 0 amide bonds. The largest absolute Gasteiger partial charge is 0.259 e. The minimum atomic E-state index is -0.558. The molecule has 1 rings (SSSR count). The predicted molar refractivity (Wildman–Crippen MR) is 50.2 cm³/mol. The van der Waals surface area contributed by atoms with Crippen LogP contribution in [0.1, 0.15) is 46.0 Å². The second kappa shape index (κ2) is 4.24. The molecule has 0 bridgehead atoms. The Morgan fingerprint density at radius 2 is 1.73 bits per heavy atom. The fourth-order valence-electron chi connectivity index (χ4n) is 1.68. The fraction of sp³-hybridized carbons (Fsp3) is 1.00. The molecule has 0 radical (unpaired) electrons. The molecule has 0 N–H and O–H groups in total. The van der Waals surface area contributed by atoms with E-state index in [1.165, 1.54) is 32.1 Å². The van der Waals surface area contributed by atoms with Crippen molar-refractivity contribution in [2.24, 2.45) is 0 Å². The van der Waals surface area contributed by atoms with Crippen molar-refractivity contribution >= 4 is 10.8 Å². The molecule has 1 saturated carbocycles. The van der Waals surface area contributed by atoms with Crippen LogP contribution in [0.25, 0.3) is 0 Å². The van der Waals surface area contributed by atoms with Crippen LogP contribution in [0, 0.1) is 0 Å². The van der Waals surface area contributed by atoms with Crippen LogP contribution in [-0.2, 0) is 10.8 Å². The zero-order chi connectivity index (χ0) is 8.27. The van der Waals surface area contributed by atoms with Crippen LogP contribution in [0.3, 0.4) is 0 Å². The maximum absolute atomic E-state index is 11.6. The van der Waals surface area contributed by atoms with Gasteiger partial charge >= 0.3 is 0 Å². The van der Waals surface area contributed by atoms with Crippen LogP contribution in [0.15, 0.2) is 0 Å². The first-order valence-corrected chi connectivity index (χ1v) is 5.89. The summed E-state index contributed by atoms with van der Waals surface area (Å²) in [6.07, 6.45) is 6.34. The average Bonchev–Trinajstić information content (AvgIpc) is 2.05. The monoisotopic (exact) mass is 174 g/mol. The Morgan fingerprint density at radius 1 is 1.18 bits per heavy atom. The van der Waals surface area contributed by atoms with Gasteiger partial charge in [-0.05, 0) is 12.8 Å². The van der Waals surface area contributed by atoms with Crippen molar-refractivity contribution in [1.29, 1.82) is 0 Å². The van der Waals surface area contributed by atoms with Gasteiger partial charge in [-0.1, -0.05) is 33.1 Å². The molecule has 66 valence electrons. The fourth-order valence-corrected chi connectivity index (χ4v) is 3.25. The van der Waals surface area contributed by atoms with Crippen molar-refractivity contribution in [3.05, 3.63) is 0 Å². The predicted octanol–water partition coefficient (Wildman–Crippen LogP) is 2.48. The minimum Gasteiger partial charge on any atom is -0.259 e. The molecule has 11 heavy (non-hydrogen) atoms. The number of hydrogen-bond acceptors (Lipinski definition) is 1. The molecule has 0 spiro atoms. The van der Waals surface area contributed by atoms with E-state index in [9.17, 15) is 4.21 Å². The van der Waals surface area contributed by atoms with E-state index in [-0.39, 0.29) is 0 Å². The molecule has 0 aromatic heterocycles. The Balaban J connectivity index is 2.39. The van der Waals surface area contributed by atoms with Crippen molar-refractivity contribution in [1.82, 2.24) is 0 Å². The summed E-state index contributed by atoms with van der Waals surface area (Å²) >= 11 is 0. The van der Waals surface area contributed by atoms with E-state index in [1.807, 2.05) is 0 Å². The van der Waals surface area contributed by atoms with Gasteiger partial charge in [0.1, 0.15) is 0 Å². The molecule has 0 aromatic carbocycles. The van der Waals surface area contributed by atoms with Crippen molar-refractivity contribution in [3.63, 3.8) is 0 Å². The Bertz CT molecular complexity index is 136. The Hall–Kier alpha value is 0.150. The lowest BCUT2D eigenvalue weighted by molar-refractivity contribution is 0.503. The van der Waals surface area contributed by atoms with E-state index in [2.05, 4.69) is 13.8 Å². The zero-order valence-electron chi connectivity index (χ0n) is 7.51. The summed E-state index contributed by atoms with van der Waals surface area (Å²) in [5.41, 5.74) is 0. The highest BCUT2D eigenvalue weighted by molar-refractivity contribution is 7.86. The third-order valence-corrected chi connectivity index (χ3v) is 4.40. The first-order chi connectivity index (χ1) is 5.22. The maximum atomic E-state index is 11.6. The summed E-state index contributed by atoms with van der Waals surface area (Å²) in [5, 5.41) is 0.877. The van der Waals surface area contributed by atoms with Gasteiger partial charge in [-0.2, -0.15) is 0 Å². The smallest absolute Gasteiger partial charge is 0.0350 e. The highest BCUT2D eigenvalue weighted by atomic mass is 32.2. The highest BCUT2D eigenvalue weighted by Gasteiger charge is 2.21. The Labute approximate surface area is 72.0 Å². The lowest BCUT2D eigenvalue weighted by atomic mass is 10.0. The van der Waals surface area contributed by atoms with Crippen LogP contribution in [0.4, 0.5) is 0 Å². The van der Waals surface area contributed by atoms with Gasteiger partial charge in [0.2, 0.25) is 0 Å². The zero-order valence-corrected chi connectivity index (χ0v) is 8.32. The van der Waals surface area contributed by atoms with Crippen LogP contribution in [0.2, 0.25) is 0 Å². The minimum absolute atomic E-state index is 0.359. The molecule has 0 aromatic rings. The number of hydrogen-bond donors (Lipinski definition) is 0. The van der Waals surface area contributed by atoms with E-state index in [1.54, 1.807) is 0 Å². The molecule has 1 fully saturated rings. The van der Waals surface area contributed by atoms with Crippen molar-refractivity contribution in [2.45, 2.75) is 56.5 Å². The van der Waals surface area contributed by atoms with Crippen LogP contribution >= 0.6 is 0 Å². The Kier molecular flexibility index (Phi) is 3.57. The van der Waals surface area contributed by atoms with E-state index >= 15 is 0 Å². The lowest BCUT2D eigenvalue weighted by Gasteiger charge is -2.22. The molecular weight excluding hydrogens is 156 g/mol. The van der Waals surface area contributed by atoms with Gasteiger partial charge in [0.25, 0.3) is 0 Å². The first-order valence-electron chi connectivity index (χ1n) is 4.61. The normalized spacial score (nSPS) is 23.9. The van der Waals surface area contributed by atoms with Crippen LogP contribution in [-0.4, -0.2) is 14.7 Å². The molecule has 1 aliphatic rings. The standard InChI is InChI=1S/C9H18OS/c1-8(2)11(10)9-6-4-3-5-7-9/h8-9H,3-7H2,1-2H3/t11-/m0/s1. The molecule has 0 unspecified atom stereocenters. The molecule has 1 atom stereocenters. The average molecular weight is 174 g/mol. The number of rotatable bonds is 2. The topological polar surface area (TPSA) is 17.1 Å². The van der Waals surface area contributed by atoms with Gasteiger partial charge in [-0.25, -0.2) is 0 Å². The van der Waals surface area contributed by atoms with Gasteiger partial charge in [0.05, 0.1) is 0 Å². The van der Waals surface area contributed by atoms with Gasteiger partial charge in [0.15, 0.2) is 0 Å². The second-order valence-corrected chi connectivity index (χ2v) is 5.90. The second-order valence-electron chi connectivity index (χ2n) is 3.64. The van der Waals surface area contributed by atoms with Crippen molar-refractivity contribution in [3.8, 4) is 0 Å². The van der Waals surface area contributed by atoms with Crippen molar-refractivity contribution in [2.75, 3.05) is 0 Å². The van der Waals surface area contributed by atoms with E-state index in [4.69, 9.17) is 0 Å². The summed E-state index contributed by atoms with van der Waals surface area (Å²) in [6.45, 7) is 4.12. The molecule has 0 heterocycles. The third-order valence-electron chi connectivity index (χ3n) is 2.35. The molecule has 0 saturated heterocycles. The van der Waals surface area contributed by atoms with Gasteiger partial charge < -0.3 is 0 Å². The van der Waals surface area contributed by atoms with Crippen LogP contribution in [0.5, 0.6) is 0 Å². The van der Waals surface area contributed by atoms with E-state index in [0.717, 1.165) is 0 Å². The maximum Gasteiger partial charge on any atom is 0.0350 e. The summed E-state index contributed by atoms with van der Waals surface area (Å²) in [4.78, 5) is 0. The van der Waals surface area contributed by atoms with Gasteiger partial charge in [-0.3, -0.25) is 4.21 Å². The SMILES string of the molecule is CC(C)[S@](=O)C1CCCCC1. The van der Waals surface area contributed by atoms with E-state index < -0.39 is 10.8 Å². The molecule has 1 nitrogen and oxygen atoms in total. The Morgan fingerprint density at radius 3 is 2.18 bits per heavy atom. The van der Waals surface area contributed by atoms with Gasteiger partial charge in [0, 0.05) is 21.3 Å². The third kappa shape index (κ3) is 2.58. The van der Waals surface area contributed by atoms with Gasteiger partial charge in [-0.15, -0.1) is 0 Å². The molecular formula is C9H18OS. The van der Waals surface area contributed by atoms with Crippen LogP contribution < -0.4 is 0 Å². The van der Waals surface area contributed by atoms with Crippen molar-refractivity contribution < 1.29 is 4.21 Å². The summed E-state index contributed by atoms with van der Waals surface area (Å²) < 4.78 is 11.6. The summed E-state index contributed by atoms with van der Waals surface area (Å²) in [5.74, 6) is 0. The lowest BCUT2D eigenvalue weighted by Crippen LogP contribution is -2.24.